The van der Waals surface area contributed by atoms with Gasteiger partial charge in [0.25, 0.3) is 0 Å². The van der Waals surface area contributed by atoms with Crippen molar-refractivity contribution in [2.75, 3.05) is 19.7 Å². The normalized spacial score (nSPS) is 26.6. The third kappa shape index (κ3) is 4.40. The summed E-state index contributed by atoms with van der Waals surface area (Å²) < 4.78 is 5.50. The van der Waals surface area contributed by atoms with E-state index in [0.29, 0.717) is 18.2 Å². The number of hydrogen-bond acceptors (Lipinski definition) is 3. The third-order valence-corrected chi connectivity index (χ3v) is 2.61. The van der Waals surface area contributed by atoms with Crippen LogP contribution in [0.1, 0.15) is 33.6 Å². The maximum atomic E-state index is 5.50. The van der Waals surface area contributed by atoms with Crippen molar-refractivity contribution in [1.82, 2.24) is 10.6 Å². The van der Waals surface area contributed by atoms with E-state index in [1.807, 2.05) is 0 Å². The standard InChI is InChI=1S/C11H24N2O/c1-4-14-11-7-10(8-11)13-6-5-12-9(2)3/h9-13H,4-8H2,1-3H3. The molecule has 1 aliphatic rings. The summed E-state index contributed by atoms with van der Waals surface area (Å²) in [6.07, 6.45) is 2.90. The van der Waals surface area contributed by atoms with Crippen LogP contribution in [-0.2, 0) is 4.74 Å². The van der Waals surface area contributed by atoms with Gasteiger partial charge in [0.2, 0.25) is 0 Å². The van der Waals surface area contributed by atoms with Gasteiger partial charge in [0.05, 0.1) is 6.10 Å². The van der Waals surface area contributed by atoms with Gasteiger partial charge in [-0.3, -0.25) is 0 Å². The van der Waals surface area contributed by atoms with Crippen LogP contribution in [0, 0.1) is 0 Å². The molecule has 14 heavy (non-hydrogen) atoms. The number of nitrogens with one attached hydrogen (secondary N) is 2. The van der Waals surface area contributed by atoms with Gasteiger partial charge in [-0.1, -0.05) is 13.8 Å². The van der Waals surface area contributed by atoms with Gasteiger partial charge in [-0.2, -0.15) is 0 Å². The van der Waals surface area contributed by atoms with E-state index in [9.17, 15) is 0 Å². The molecule has 0 unspecified atom stereocenters. The Morgan fingerprint density at radius 2 is 2.00 bits per heavy atom. The summed E-state index contributed by atoms with van der Waals surface area (Å²) in [5.74, 6) is 0. The zero-order valence-electron chi connectivity index (χ0n) is 9.68. The fraction of sp³-hybridized carbons (Fsp3) is 1.00. The van der Waals surface area contributed by atoms with Crippen LogP contribution < -0.4 is 10.6 Å². The van der Waals surface area contributed by atoms with Crippen LogP contribution >= 0.6 is 0 Å². The lowest BCUT2D eigenvalue weighted by molar-refractivity contribution is -0.00962. The highest BCUT2D eigenvalue weighted by molar-refractivity contribution is 4.85. The van der Waals surface area contributed by atoms with Gasteiger partial charge in [0, 0.05) is 31.8 Å². The molecule has 0 amide bonds. The molecule has 3 heteroatoms. The predicted molar refractivity (Wildman–Crippen MR) is 59.6 cm³/mol. The molecule has 0 aliphatic heterocycles. The van der Waals surface area contributed by atoms with Gasteiger partial charge in [-0.05, 0) is 19.8 Å². The molecule has 0 atom stereocenters. The quantitative estimate of drug-likeness (QED) is 0.605. The Morgan fingerprint density at radius 3 is 2.57 bits per heavy atom. The Kier molecular flexibility index (Phi) is 5.45. The molecule has 2 N–H and O–H groups in total. The van der Waals surface area contributed by atoms with Crippen LogP contribution in [0.25, 0.3) is 0 Å². The van der Waals surface area contributed by atoms with Crippen molar-refractivity contribution in [3.63, 3.8) is 0 Å². The molecule has 1 fully saturated rings. The molecule has 1 saturated carbocycles. The molecule has 0 heterocycles. The summed E-state index contributed by atoms with van der Waals surface area (Å²) in [6, 6.07) is 1.29. The van der Waals surface area contributed by atoms with E-state index >= 15 is 0 Å². The molecule has 0 bridgehead atoms. The van der Waals surface area contributed by atoms with Gasteiger partial charge in [-0.15, -0.1) is 0 Å². The lowest BCUT2D eigenvalue weighted by Gasteiger charge is -2.35. The van der Waals surface area contributed by atoms with Crippen molar-refractivity contribution in [2.24, 2.45) is 0 Å². The molecule has 0 spiro atoms. The lowest BCUT2D eigenvalue weighted by Crippen LogP contribution is -2.47. The summed E-state index contributed by atoms with van der Waals surface area (Å²) in [7, 11) is 0. The molecule has 0 aromatic rings. The molecule has 0 aromatic heterocycles. The monoisotopic (exact) mass is 200 g/mol. The largest absolute Gasteiger partial charge is 0.378 e. The average molecular weight is 200 g/mol. The summed E-state index contributed by atoms with van der Waals surface area (Å²) in [4.78, 5) is 0. The highest BCUT2D eigenvalue weighted by atomic mass is 16.5. The van der Waals surface area contributed by atoms with E-state index in [1.165, 1.54) is 12.8 Å². The van der Waals surface area contributed by atoms with E-state index in [-0.39, 0.29) is 0 Å². The number of ether oxygens (including phenoxy) is 1. The maximum absolute atomic E-state index is 5.50. The van der Waals surface area contributed by atoms with Crippen LogP contribution in [0.4, 0.5) is 0 Å². The molecular weight excluding hydrogens is 176 g/mol. The van der Waals surface area contributed by atoms with Gasteiger partial charge in [-0.25, -0.2) is 0 Å². The minimum atomic E-state index is 0.524. The van der Waals surface area contributed by atoms with E-state index in [2.05, 4.69) is 31.4 Å². The van der Waals surface area contributed by atoms with E-state index in [0.717, 1.165) is 19.7 Å². The van der Waals surface area contributed by atoms with Gasteiger partial charge in [0.15, 0.2) is 0 Å². The first-order chi connectivity index (χ1) is 6.72. The minimum Gasteiger partial charge on any atom is -0.378 e. The Balaban J connectivity index is 1.86. The average Bonchev–Trinajstić information content (AvgIpc) is 2.06. The van der Waals surface area contributed by atoms with Crippen LogP contribution in [0.3, 0.4) is 0 Å². The molecular formula is C11H24N2O. The summed E-state index contributed by atoms with van der Waals surface area (Å²) in [5.41, 5.74) is 0. The van der Waals surface area contributed by atoms with Crippen LogP contribution in [-0.4, -0.2) is 37.9 Å². The number of rotatable bonds is 7. The highest BCUT2D eigenvalue weighted by Crippen LogP contribution is 2.22. The molecule has 1 rings (SSSR count). The van der Waals surface area contributed by atoms with Crippen LogP contribution in [0.5, 0.6) is 0 Å². The molecule has 0 saturated heterocycles. The highest BCUT2D eigenvalue weighted by Gasteiger charge is 2.28. The Labute approximate surface area is 87.6 Å². The van der Waals surface area contributed by atoms with Crippen molar-refractivity contribution >= 4 is 0 Å². The lowest BCUT2D eigenvalue weighted by atomic mass is 9.89. The smallest absolute Gasteiger partial charge is 0.0604 e. The first kappa shape index (κ1) is 12.0. The summed E-state index contributed by atoms with van der Waals surface area (Å²) in [6.45, 7) is 9.40. The van der Waals surface area contributed by atoms with Crippen LogP contribution in [0.2, 0.25) is 0 Å². The van der Waals surface area contributed by atoms with E-state index in [4.69, 9.17) is 4.74 Å². The Morgan fingerprint density at radius 1 is 1.29 bits per heavy atom. The SMILES string of the molecule is CCOC1CC(NCCNC(C)C)C1. The second kappa shape index (κ2) is 6.38. The fourth-order valence-corrected chi connectivity index (χ4v) is 1.74. The van der Waals surface area contributed by atoms with Crippen molar-refractivity contribution in [1.29, 1.82) is 0 Å². The zero-order chi connectivity index (χ0) is 10.4. The molecule has 0 aromatic carbocycles. The molecule has 1 aliphatic carbocycles. The third-order valence-electron chi connectivity index (χ3n) is 2.61. The predicted octanol–water partition coefficient (Wildman–Crippen LogP) is 1.14. The minimum absolute atomic E-state index is 0.524. The molecule has 0 radical (unpaired) electrons. The molecule has 84 valence electrons. The maximum Gasteiger partial charge on any atom is 0.0604 e. The van der Waals surface area contributed by atoms with Crippen molar-refractivity contribution < 1.29 is 4.74 Å². The second-order valence-corrected chi connectivity index (χ2v) is 4.31. The zero-order valence-corrected chi connectivity index (χ0v) is 9.68. The van der Waals surface area contributed by atoms with Crippen molar-refractivity contribution in [3.05, 3.63) is 0 Å². The Hall–Kier alpha value is -0.120. The van der Waals surface area contributed by atoms with Crippen molar-refractivity contribution in [2.45, 2.75) is 51.8 Å². The summed E-state index contributed by atoms with van der Waals surface area (Å²) in [5, 5.41) is 6.91. The fourth-order valence-electron chi connectivity index (χ4n) is 1.74. The van der Waals surface area contributed by atoms with Crippen LogP contribution in [0.15, 0.2) is 0 Å². The van der Waals surface area contributed by atoms with Crippen molar-refractivity contribution in [3.8, 4) is 0 Å². The van der Waals surface area contributed by atoms with E-state index < -0.39 is 0 Å². The van der Waals surface area contributed by atoms with Gasteiger partial charge < -0.3 is 15.4 Å². The van der Waals surface area contributed by atoms with E-state index in [1.54, 1.807) is 0 Å². The first-order valence-electron chi connectivity index (χ1n) is 5.80. The van der Waals surface area contributed by atoms with Gasteiger partial charge >= 0.3 is 0 Å². The molecule has 3 nitrogen and oxygen atoms in total. The Bertz CT molecular complexity index is 144. The first-order valence-corrected chi connectivity index (χ1v) is 5.80. The second-order valence-electron chi connectivity index (χ2n) is 4.31. The summed E-state index contributed by atoms with van der Waals surface area (Å²) >= 11 is 0. The topological polar surface area (TPSA) is 33.3 Å². The van der Waals surface area contributed by atoms with Gasteiger partial charge in [0.1, 0.15) is 0 Å². The number of hydrogen-bond donors (Lipinski definition) is 2.